The van der Waals surface area contributed by atoms with E-state index in [4.69, 9.17) is 0 Å². The van der Waals surface area contributed by atoms with Crippen LogP contribution in [-0.2, 0) is 4.79 Å². The smallest absolute Gasteiger partial charge is 0.274 e. The summed E-state index contributed by atoms with van der Waals surface area (Å²) in [5, 5.41) is 0. The Kier molecular flexibility index (Phi) is 4.17. The second kappa shape index (κ2) is 6.37. The molecule has 7 nitrogen and oxygen atoms in total. The lowest BCUT2D eigenvalue weighted by Gasteiger charge is -2.38. The summed E-state index contributed by atoms with van der Waals surface area (Å²) >= 11 is 0. The second-order valence-electron chi connectivity index (χ2n) is 8.09. The van der Waals surface area contributed by atoms with E-state index in [-0.39, 0.29) is 17.2 Å². The van der Waals surface area contributed by atoms with E-state index in [1.165, 1.54) is 0 Å². The summed E-state index contributed by atoms with van der Waals surface area (Å²) in [6.45, 7) is 7.32. The molecule has 26 heavy (non-hydrogen) atoms. The predicted octanol–water partition coefficient (Wildman–Crippen LogP) is 1.84. The van der Waals surface area contributed by atoms with Gasteiger partial charge in [0.1, 0.15) is 5.69 Å². The third kappa shape index (κ3) is 3.06. The lowest BCUT2D eigenvalue weighted by molar-refractivity contribution is -0.128. The number of amides is 2. The van der Waals surface area contributed by atoms with Gasteiger partial charge in [0.05, 0.1) is 0 Å². The number of imidazole rings is 1. The van der Waals surface area contributed by atoms with Crippen LogP contribution in [0.3, 0.4) is 0 Å². The zero-order chi connectivity index (χ0) is 18.3. The minimum Gasteiger partial charge on any atom is -0.342 e. The van der Waals surface area contributed by atoms with E-state index in [9.17, 15) is 9.59 Å². The Hall–Kier alpha value is -2.44. The highest BCUT2D eigenvalue weighted by Gasteiger charge is 2.45. The van der Waals surface area contributed by atoms with Crippen molar-refractivity contribution in [2.45, 2.75) is 33.1 Å². The fourth-order valence-electron chi connectivity index (χ4n) is 4.20. The van der Waals surface area contributed by atoms with Crippen LogP contribution in [0.5, 0.6) is 0 Å². The van der Waals surface area contributed by atoms with Crippen molar-refractivity contribution in [1.82, 2.24) is 24.2 Å². The summed E-state index contributed by atoms with van der Waals surface area (Å²) in [6, 6.07) is 1.81. The largest absolute Gasteiger partial charge is 0.342 e. The molecule has 0 unspecified atom stereocenters. The van der Waals surface area contributed by atoms with Gasteiger partial charge in [0, 0.05) is 56.6 Å². The maximum atomic E-state index is 12.8. The fraction of sp³-hybridized carbons (Fsp3) is 0.579. The number of carbonyl (C=O) groups excluding carboxylic acids is 2. The topological polar surface area (TPSA) is 70.8 Å². The van der Waals surface area contributed by atoms with E-state index in [0.717, 1.165) is 25.9 Å². The molecular formula is C19H25N5O2. The molecule has 2 amide bonds. The van der Waals surface area contributed by atoms with Crippen molar-refractivity contribution in [2.75, 3.05) is 26.2 Å². The van der Waals surface area contributed by atoms with Crippen molar-refractivity contribution >= 4 is 17.6 Å². The van der Waals surface area contributed by atoms with Gasteiger partial charge in [-0.05, 0) is 24.8 Å². The average molecular weight is 355 g/mol. The van der Waals surface area contributed by atoms with Crippen molar-refractivity contribution in [3.63, 3.8) is 0 Å². The van der Waals surface area contributed by atoms with Gasteiger partial charge in [-0.3, -0.25) is 14.0 Å². The molecule has 4 rings (SSSR count). The molecule has 0 bridgehead atoms. The number of carbonyl (C=O) groups is 2. The van der Waals surface area contributed by atoms with E-state index in [1.54, 1.807) is 16.8 Å². The number of rotatable bonds is 3. The Morgan fingerprint density at radius 1 is 1.31 bits per heavy atom. The number of hydrogen-bond donors (Lipinski definition) is 0. The molecule has 0 radical (unpaired) electrons. The summed E-state index contributed by atoms with van der Waals surface area (Å²) in [5.74, 6) is 1.24. The van der Waals surface area contributed by atoms with Gasteiger partial charge in [-0.1, -0.05) is 13.8 Å². The van der Waals surface area contributed by atoms with Crippen LogP contribution in [0.15, 0.2) is 24.7 Å². The quantitative estimate of drug-likeness (QED) is 0.842. The number of piperidine rings is 1. The summed E-state index contributed by atoms with van der Waals surface area (Å²) in [7, 11) is 0. The maximum absolute atomic E-state index is 12.8. The molecule has 1 spiro atoms. The van der Waals surface area contributed by atoms with Crippen LogP contribution in [0.2, 0.25) is 0 Å². The van der Waals surface area contributed by atoms with Crippen molar-refractivity contribution in [2.24, 2.45) is 11.3 Å². The first kappa shape index (κ1) is 17.0. The highest BCUT2D eigenvalue weighted by Crippen LogP contribution is 2.41. The minimum atomic E-state index is -0.0475. The molecule has 2 saturated heterocycles. The van der Waals surface area contributed by atoms with Crippen molar-refractivity contribution < 1.29 is 9.59 Å². The summed E-state index contributed by atoms with van der Waals surface area (Å²) < 4.78 is 1.76. The Labute approximate surface area is 153 Å². The molecule has 7 heteroatoms. The van der Waals surface area contributed by atoms with E-state index < -0.39 is 0 Å². The summed E-state index contributed by atoms with van der Waals surface area (Å²) in [5.41, 5.74) is 0.479. The highest BCUT2D eigenvalue weighted by molar-refractivity contribution is 5.93. The Bertz CT molecular complexity index is 802. The van der Waals surface area contributed by atoms with E-state index in [2.05, 4.69) is 23.8 Å². The molecule has 2 fully saturated rings. The Morgan fingerprint density at radius 3 is 2.77 bits per heavy atom. The van der Waals surface area contributed by atoms with Crippen LogP contribution >= 0.6 is 0 Å². The first-order chi connectivity index (χ1) is 12.5. The zero-order valence-electron chi connectivity index (χ0n) is 15.4. The van der Waals surface area contributed by atoms with E-state index in [1.807, 2.05) is 22.1 Å². The van der Waals surface area contributed by atoms with Crippen LogP contribution in [0.4, 0.5) is 0 Å². The van der Waals surface area contributed by atoms with Gasteiger partial charge in [-0.25, -0.2) is 9.97 Å². The van der Waals surface area contributed by atoms with Crippen LogP contribution in [0.1, 0.15) is 43.6 Å². The normalized spacial score (nSPS) is 19.9. The minimum absolute atomic E-state index is 0.0449. The third-order valence-corrected chi connectivity index (χ3v) is 5.56. The van der Waals surface area contributed by atoms with Gasteiger partial charge >= 0.3 is 0 Å². The number of likely N-dealkylation sites (tertiary alicyclic amines) is 2. The average Bonchev–Trinajstić information content (AvgIpc) is 3.16. The van der Waals surface area contributed by atoms with Gasteiger partial charge in [-0.15, -0.1) is 0 Å². The third-order valence-electron chi connectivity index (χ3n) is 5.56. The molecule has 0 saturated carbocycles. The molecule has 0 aromatic carbocycles. The van der Waals surface area contributed by atoms with Gasteiger partial charge < -0.3 is 9.80 Å². The van der Waals surface area contributed by atoms with Gasteiger partial charge in [0.2, 0.25) is 11.7 Å². The van der Waals surface area contributed by atoms with Crippen LogP contribution in [0.25, 0.3) is 5.78 Å². The summed E-state index contributed by atoms with van der Waals surface area (Å²) in [4.78, 5) is 37.5. The molecule has 138 valence electrons. The molecule has 2 aromatic heterocycles. The number of aromatic nitrogens is 3. The fourth-order valence-corrected chi connectivity index (χ4v) is 4.20. The van der Waals surface area contributed by atoms with Crippen molar-refractivity contribution in [3.05, 3.63) is 30.4 Å². The number of nitrogens with zero attached hydrogens (tertiary/aromatic N) is 5. The van der Waals surface area contributed by atoms with Crippen LogP contribution < -0.4 is 0 Å². The molecule has 2 aromatic rings. The molecular weight excluding hydrogens is 330 g/mol. The first-order valence-electron chi connectivity index (χ1n) is 9.33. The van der Waals surface area contributed by atoms with Crippen LogP contribution in [0, 0.1) is 11.3 Å². The van der Waals surface area contributed by atoms with E-state index in [0.29, 0.717) is 36.9 Å². The standard InChI is InChI=1S/C19H25N5O2/c1-14(2)11-24-13-19(10-16(24)25)4-8-22(9-5-19)17(26)15-12-23-7-3-6-20-18(23)21-15/h3,6-7,12,14H,4-5,8-11,13H2,1-2H3. The maximum Gasteiger partial charge on any atom is 0.274 e. The first-order valence-corrected chi connectivity index (χ1v) is 9.33. The molecule has 4 heterocycles. The van der Waals surface area contributed by atoms with Gasteiger partial charge in [0.25, 0.3) is 5.91 Å². The lowest BCUT2D eigenvalue weighted by Crippen LogP contribution is -2.44. The second-order valence-corrected chi connectivity index (χ2v) is 8.09. The monoisotopic (exact) mass is 355 g/mol. The van der Waals surface area contributed by atoms with Gasteiger partial charge in [-0.2, -0.15) is 0 Å². The molecule has 2 aliphatic heterocycles. The Morgan fingerprint density at radius 2 is 2.08 bits per heavy atom. The molecule has 0 aliphatic carbocycles. The highest BCUT2D eigenvalue weighted by atomic mass is 16.2. The van der Waals surface area contributed by atoms with Crippen molar-refractivity contribution in [3.8, 4) is 0 Å². The zero-order valence-corrected chi connectivity index (χ0v) is 15.4. The van der Waals surface area contributed by atoms with Gasteiger partial charge in [0.15, 0.2) is 0 Å². The number of fused-ring (bicyclic) bond motifs is 1. The van der Waals surface area contributed by atoms with Crippen molar-refractivity contribution in [1.29, 1.82) is 0 Å². The number of hydrogen-bond acceptors (Lipinski definition) is 4. The summed E-state index contributed by atoms with van der Waals surface area (Å²) in [6.07, 6.45) is 7.62. The predicted molar refractivity (Wildman–Crippen MR) is 96.6 cm³/mol. The molecule has 0 N–H and O–H groups in total. The molecule has 0 atom stereocenters. The Balaban J connectivity index is 1.42. The van der Waals surface area contributed by atoms with E-state index >= 15 is 0 Å². The molecule has 2 aliphatic rings. The van der Waals surface area contributed by atoms with Crippen LogP contribution in [-0.4, -0.2) is 62.2 Å². The SMILES string of the molecule is CC(C)CN1CC2(CCN(C(=O)c3cn4cccnc4n3)CC2)CC1=O. The lowest BCUT2D eigenvalue weighted by atomic mass is 9.77.